The van der Waals surface area contributed by atoms with E-state index in [1.807, 2.05) is 6.07 Å². The third-order valence-corrected chi connectivity index (χ3v) is 2.46. The number of rotatable bonds is 11. The summed E-state index contributed by atoms with van der Waals surface area (Å²) in [6, 6.07) is 2.01. The lowest BCUT2D eigenvalue weighted by molar-refractivity contribution is -0.131. The average molecular weight is 256 g/mol. The van der Waals surface area contributed by atoms with Gasteiger partial charge in [0.25, 0.3) is 0 Å². The van der Waals surface area contributed by atoms with Crippen LogP contribution in [0.25, 0.3) is 0 Å². The van der Waals surface area contributed by atoms with Crippen LogP contribution in [-0.4, -0.2) is 50.8 Å². The van der Waals surface area contributed by atoms with Crippen molar-refractivity contribution in [3.63, 3.8) is 0 Å². The summed E-state index contributed by atoms with van der Waals surface area (Å²) < 4.78 is 10.6. The van der Waals surface area contributed by atoms with Crippen molar-refractivity contribution in [3.05, 3.63) is 0 Å². The summed E-state index contributed by atoms with van der Waals surface area (Å²) in [6.45, 7) is 4.89. The van der Waals surface area contributed by atoms with Gasteiger partial charge in [0.05, 0.1) is 38.7 Å². The summed E-state index contributed by atoms with van der Waals surface area (Å²) in [5.41, 5.74) is 0. The highest BCUT2D eigenvalue weighted by atomic mass is 16.5. The molecular formula is C13H24N2O3. The largest absolute Gasteiger partial charge is 0.379 e. The van der Waals surface area contributed by atoms with Gasteiger partial charge in [0, 0.05) is 20.2 Å². The lowest BCUT2D eigenvalue weighted by Crippen LogP contribution is -2.28. The number of nitrogens with zero attached hydrogens (tertiary/aromatic N) is 2. The van der Waals surface area contributed by atoms with Crippen molar-refractivity contribution in [2.75, 3.05) is 40.0 Å². The standard InChI is InChI=1S/C13H24N2O3/c1-3-4-9-17-11-12-18-10-6-13(16)15(2)8-5-7-14/h3-6,8-12H2,1-2H3. The van der Waals surface area contributed by atoms with Crippen molar-refractivity contribution in [1.29, 1.82) is 5.26 Å². The highest BCUT2D eigenvalue weighted by Gasteiger charge is 2.07. The fourth-order valence-electron chi connectivity index (χ4n) is 1.26. The van der Waals surface area contributed by atoms with Gasteiger partial charge in [0.15, 0.2) is 0 Å². The van der Waals surface area contributed by atoms with Gasteiger partial charge in [-0.3, -0.25) is 4.79 Å². The first-order valence-electron chi connectivity index (χ1n) is 6.48. The Morgan fingerprint density at radius 2 is 1.89 bits per heavy atom. The molecule has 0 saturated heterocycles. The van der Waals surface area contributed by atoms with E-state index in [1.54, 1.807) is 11.9 Å². The van der Waals surface area contributed by atoms with E-state index in [4.69, 9.17) is 14.7 Å². The van der Waals surface area contributed by atoms with Crippen LogP contribution in [-0.2, 0) is 14.3 Å². The molecule has 0 unspecified atom stereocenters. The zero-order chi connectivity index (χ0) is 13.6. The lowest BCUT2D eigenvalue weighted by Gasteiger charge is -2.15. The van der Waals surface area contributed by atoms with Crippen molar-refractivity contribution in [2.24, 2.45) is 0 Å². The van der Waals surface area contributed by atoms with E-state index in [9.17, 15) is 4.79 Å². The van der Waals surface area contributed by atoms with Crippen LogP contribution >= 0.6 is 0 Å². The Kier molecular flexibility index (Phi) is 11.6. The van der Waals surface area contributed by atoms with E-state index in [0.717, 1.165) is 19.4 Å². The number of ether oxygens (including phenoxy) is 2. The molecule has 0 aliphatic carbocycles. The van der Waals surface area contributed by atoms with Crippen molar-refractivity contribution in [1.82, 2.24) is 4.90 Å². The zero-order valence-electron chi connectivity index (χ0n) is 11.5. The molecule has 0 N–H and O–H groups in total. The van der Waals surface area contributed by atoms with Crippen LogP contribution in [0.2, 0.25) is 0 Å². The number of carbonyl (C=O) groups excluding carboxylic acids is 1. The SMILES string of the molecule is CCCCOCCOCCC(=O)N(C)CCC#N. The van der Waals surface area contributed by atoms with Gasteiger partial charge in [0.2, 0.25) is 5.91 Å². The van der Waals surface area contributed by atoms with Crippen molar-refractivity contribution in [2.45, 2.75) is 32.6 Å². The van der Waals surface area contributed by atoms with Crippen LogP contribution in [0.1, 0.15) is 32.6 Å². The Morgan fingerprint density at radius 3 is 2.50 bits per heavy atom. The molecule has 0 aromatic carbocycles. The molecule has 104 valence electrons. The maximum absolute atomic E-state index is 11.5. The third kappa shape index (κ3) is 10.1. The van der Waals surface area contributed by atoms with Gasteiger partial charge in [-0.2, -0.15) is 5.26 Å². The van der Waals surface area contributed by atoms with Crippen LogP contribution in [0, 0.1) is 11.3 Å². The summed E-state index contributed by atoms with van der Waals surface area (Å²) in [4.78, 5) is 13.1. The smallest absolute Gasteiger partial charge is 0.224 e. The molecule has 18 heavy (non-hydrogen) atoms. The number of nitriles is 1. The molecule has 0 rings (SSSR count). The van der Waals surface area contributed by atoms with Gasteiger partial charge < -0.3 is 14.4 Å². The van der Waals surface area contributed by atoms with Crippen LogP contribution in [0.5, 0.6) is 0 Å². The Morgan fingerprint density at radius 1 is 1.22 bits per heavy atom. The quantitative estimate of drug-likeness (QED) is 0.527. The molecule has 0 fully saturated rings. The predicted molar refractivity (Wildman–Crippen MR) is 69.0 cm³/mol. The Bertz CT molecular complexity index is 251. The third-order valence-electron chi connectivity index (χ3n) is 2.46. The van der Waals surface area contributed by atoms with Crippen LogP contribution in [0.4, 0.5) is 0 Å². The Hall–Kier alpha value is -1.12. The predicted octanol–water partition coefficient (Wildman–Crippen LogP) is 1.58. The lowest BCUT2D eigenvalue weighted by atomic mass is 10.3. The fraction of sp³-hybridized carbons (Fsp3) is 0.846. The van der Waals surface area contributed by atoms with E-state index >= 15 is 0 Å². The van der Waals surface area contributed by atoms with Crippen molar-refractivity contribution >= 4 is 5.91 Å². The average Bonchev–Trinajstić information content (AvgIpc) is 2.38. The Labute approximate surface area is 110 Å². The molecular weight excluding hydrogens is 232 g/mol. The second kappa shape index (κ2) is 12.3. The van der Waals surface area contributed by atoms with E-state index in [1.165, 1.54) is 0 Å². The first kappa shape index (κ1) is 16.9. The minimum atomic E-state index is 0.0113. The summed E-state index contributed by atoms with van der Waals surface area (Å²) >= 11 is 0. The summed E-state index contributed by atoms with van der Waals surface area (Å²) in [5, 5.41) is 8.41. The van der Waals surface area contributed by atoms with Crippen LogP contribution < -0.4 is 0 Å². The summed E-state index contributed by atoms with van der Waals surface area (Å²) in [5.74, 6) is 0.0113. The zero-order valence-corrected chi connectivity index (χ0v) is 11.5. The number of amides is 1. The molecule has 0 aliphatic rings. The van der Waals surface area contributed by atoms with Crippen LogP contribution in [0.3, 0.4) is 0 Å². The molecule has 0 saturated carbocycles. The highest BCUT2D eigenvalue weighted by molar-refractivity contribution is 5.75. The molecule has 0 atom stereocenters. The number of hydrogen-bond acceptors (Lipinski definition) is 4. The van der Waals surface area contributed by atoms with Gasteiger partial charge in [-0.25, -0.2) is 0 Å². The second-order valence-electron chi connectivity index (χ2n) is 4.05. The minimum absolute atomic E-state index is 0.0113. The molecule has 0 radical (unpaired) electrons. The van der Waals surface area contributed by atoms with Gasteiger partial charge in [0.1, 0.15) is 0 Å². The maximum atomic E-state index is 11.5. The number of unbranched alkanes of at least 4 members (excludes halogenated alkanes) is 1. The van der Waals surface area contributed by atoms with E-state index in [2.05, 4.69) is 6.92 Å². The maximum Gasteiger partial charge on any atom is 0.224 e. The first-order valence-corrected chi connectivity index (χ1v) is 6.48. The molecule has 0 heterocycles. The molecule has 0 aromatic rings. The monoisotopic (exact) mass is 256 g/mol. The number of carbonyl (C=O) groups is 1. The molecule has 5 heteroatoms. The van der Waals surface area contributed by atoms with Crippen molar-refractivity contribution < 1.29 is 14.3 Å². The topological polar surface area (TPSA) is 62.6 Å². The fourth-order valence-corrected chi connectivity index (χ4v) is 1.26. The summed E-state index contributed by atoms with van der Waals surface area (Å²) in [6.07, 6.45) is 2.93. The summed E-state index contributed by atoms with van der Waals surface area (Å²) in [7, 11) is 1.70. The van der Waals surface area contributed by atoms with Gasteiger partial charge >= 0.3 is 0 Å². The molecule has 5 nitrogen and oxygen atoms in total. The molecule has 0 bridgehead atoms. The second-order valence-corrected chi connectivity index (χ2v) is 4.05. The van der Waals surface area contributed by atoms with Gasteiger partial charge in [-0.05, 0) is 6.42 Å². The van der Waals surface area contributed by atoms with Gasteiger partial charge in [-0.1, -0.05) is 13.3 Å². The van der Waals surface area contributed by atoms with Gasteiger partial charge in [-0.15, -0.1) is 0 Å². The number of hydrogen-bond donors (Lipinski definition) is 0. The molecule has 0 aromatic heterocycles. The van der Waals surface area contributed by atoms with Crippen LogP contribution in [0.15, 0.2) is 0 Å². The van der Waals surface area contributed by atoms with E-state index in [-0.39, 0.29) is 5.91 Å². The normalized spacial score (nSPS) is 10.1. The Balaban J connectivity index is 3.32. The van der Waals surface area contributed by atoms with Crippen molar-refractivity contribution in [3.8, 4) is 6.07 Å². The van der Waals surface area contributed by atoms with E-state index < -0.39 is 0 Å². The van der Waals surface area contributed by atoms with E-state index in [0.29, 0.717) is 39.2 Å². The molecule has 0 aliphatic heterocycles. The molecule has 0 spiro atoms. The minimum Gasteiger partial charge on any atom is -0.379 e. The molecule has 1 amide bonds. The highest BCUT2D eigenvalue weighted by Crippen LogP contribution is 1.94. The first-order chi connectivity index (χ1) is 8.72.